The maximum atomic E-state index is 12.6. The van der Waals surface area contributed by atoms with Crippen molar-refractivity contribution >= 4 is 29.5 Å². The van der Waals surface area contributed by atoms with Gasteiger partial charge in [0.1, 0.15) is 11.8 Å². The molecule has 0 bridgehead atoms. The highest BCUT2D eigenvalue weighted by atomic mass is 32.2. The van der Waals surface area contributed by atoms with Crippen LogP contribution in [-0.2, 0) is 14.3 Å². The third-order valence-electron chi connectivity index (χ3n) is 5.93. The fourth-order valence-corrected chi connectivity index (χ4v) is 6.18. The van der Waals surface area contributed by atoms with E-state index < -0.39 is 5.97 Å². The lowest BCUT2D eigenvalue weighted by molar-refractivity contribution is -0.140. The average molecular weight is 462 g/mol. The first-order valence-corrected chi connectivity index (χ1v) is 12.4. The largest absolute Gasteiger partial charge is 0.489 e. The van der Waals surface area contributed by atoms with Gasteiger partial charge in [0.2, 0.25) is 0 Å². The van der Waals surface area contributed by atoms with Gasteiger partial charge < -0.3 is 14.2 Å². The molecule has 1 heterocycles. The summed E-state index contributed by atoms with van der Waals surface area (Å²) >= 11 is 2.90. The number of hydrogen-bond donors (Lipinski definition) is 0. The minimum Gasteiger partial charge on any atom is -0.489 e. The lowest BCUT2D eigenvalue weighted by Gasteiger charge is -2.27. The number of carbonyl (C=O) groups excluding carboxylic acids is 1. The number of esters is 1. The molecule has 1 aromatic carbocycles. The third-order valence-corrected chi connectivity index (χ3v) is 8.68. The maximum absolute atomic E-state index is 12.6. The van der Waals surface area contributed by atoms with Crippen LogP contribution in [0.1, 0.15) is 58.4 Å². The van der Waals surface area contributed by atoms with Gasteiger partial charge in [-0.1, -0.05) is 36.5 Å². The molecular weight excluding hydrogens is 430 g/mol. The summed E-state index contributed by atoms with van der Waals surface area (Å²) in [6.45, 7) is 8.40. The van der Waals surface area contributed by atoms with Gasteiger partial charge in [0, 0.05) is 18.4 Å². The summed E-state index contributed by atoms with van der Waals surface area (Å²) in [7, 11) is 1.63. The summed E-state index contributed by atoms with van der Waals surface area (Å²) in [5.41, 5.74) is 0.783. The van der Waals surface area contributed by atoms with Crippen LogP contribution >= 0.6 is 23.5 Å². The number of nitrogens with zero attached hydrogens (tertiary/aromatic N) is 1. The number of ether oxygens (including phenoxy) is 3. The quantitative estimate of drug-likeness (QED) is 0.270. The van der Waals surface area contributed by atoms with E-state index in [0.29, 0.717) is 10.7 Å². The minimum absolute atomic E-state index is 0.0539. The number of thioether (sulfide) groups is 2. The lowest BCUT2D eigenvalue weighted by Crippen LogP contribution is -2.25. The van der Waals surface area contributed by atoms with Crippen molar-refractivity contribution in [3.8, 4) is 11.8 Å². The molecule has 1 fully saturated rings. The van der Waals surface area contributed by atoms with Gasteiger partial charge >= 0.3 is 5.97 Å². The van der Waals surface area contributed by atoms with Crippen molar-refractivity contribution in [3.63, 3.8) is 0 Å². The molecule has 3 rings (SSSR count). The molecular formula is C24H31NO4S2. The predicted octanol–water partition coefficient (Wildman–Crippen LogP) is 6.24. The minimum atomic E-state index is -0.585. The zero-order chi connectivity index (χ0) is 22.6. The Kier molecular flexibility index (Phi) is 8.01. The molecule has 0 atom stereocenters. The van der Waals surface area contributed by atoms with Gasteiger partial charge in [-0.3, -0.25) is 0 Å². The maximum Gasteiger partial charge on any atom is 0.350 e. The van der Waals surface area contributed by atoms with E-state index >= 15 is 0 Å². The second kappa shape index (κ2) is 10.3. The van der Waals surface area contributed by atoms with Crippen LogP contribution in [0, 0.1) is 24.2 Å². The standard InChI is InChI=1S/C24H31NO4S2/c1-15-6-9-17(10-7-15)29-19-11-8-16(2)20-21(19)31-23(30-20)18(14-25)22(26)28-13-12-24(3,4)27-5/h8,11,15,17H,6-7,9-10,12-13H2,1-5H3/b23-18+. The van der Waals surface area contributed by atoms with Crippen molar-refractivity contribution in [3.05, 3.63) is 27.5 Å². The van der Waals surface area contributed by atoms with E-state index in [4.69, 9.17) is 14.2 Å². The molecule has 0 amide bonds. The molecule has 5 nitrogen and oxygen atoms in total. The van der Waals surface area contributed by atoms with Crippen molar-refractivity contribution in [2.24, 2.45) is 5.92 Å². The molecule has 1 aromatic rings. The molecule has 31 heavy (non-hydrogen) atoms. The van der Waals surface area contributed by atoms with Crippen LogP contribution < -0.4 is 4.74 Å². The van der Waals surface area contributed by atoms with E-state index in [2.05, 4.69) is 13.0 Å². The number of methoxy groups -OCH3 is 1. The number of benzene rings is 1. The van der Waals surface area contributed by atoms with Crippen molar-refractivity contribution in [1.82, 2.24) is 0 Å². The number of nitriles is 1. The van der Waals surface area contributed by atoms with Crippen LogP contribution in [0.2, 0.25) is 0 Å². The summed E-state index contributed by atoms with van der Waals surface area (Å²) in [6.07, 6.45) is 5.30. The normalized spacial score (nSPS) is 22.5. The van der Waals surface area contributed by atoms with Crippen LogP contribution in [0.15, 0.2) is 31.7 Å². The molecule has 0 spiro atoms. The topological polar surface area (TPSA) is 68.5 Å². The van der Waals surface area contributed by atoms with Crippen LogP contribution in [0.5, 0.6) is 5.75 Å². The van der Waals surface area contributed by atoms with E-state index in [1.54, 1.807) is 7.11 Å². The summed E-state index contributed by atoms with van der Waals surface area (Å²) in [5, 5.41) is 9.67. The number of rotatable bonds is 7. The fraction of sp³-hybridized carbons (Fsp3) is 0.583. The lowest BCUT2D eigenvalue weighted by atomic mass is 9.89. The van der Waals surface area contributed by atoms with Gasteiger partial charge in [0.15, 0.2) is 5.57 Å². The second-order valence-corrected chi connectivity index (χ2v) is 11.2. The Morgan fingerprint density at radius 3 is 2.52 bits per heavy atom. The van der Waals surface area contributed by atoms with Crippen LogP contribution in [0.25, 0.3) is 0 Å². The van der Waals surface area contributed by atoms with Crippen LogP contribution in [-0.4, -0.2) is 31.4 Å². The van der Waals surface area contributed by atoms with E-state index in [-0.39, 0.29) is 23.9 Å². The number of hydrogen-bond acceptors (Lipinski definition) is 7. The Morgan fingerprint density at radius 2 is 1.87 bits per heavy atom. The fourth-order valence-electron chi connectivity index (χ4n) is 3.53. The van der Waals surface area contributed by atoms with E-state index in [1.165, 1.54) is 36.4 Å². The molecule has 1 aliphatic heterocycles. The highest BCUT2D eigenvalue weighted by molar-refractivity contribution is 8.24. The second-order valence-electron chi connectivity index (χ2n) is 8.87. The summed E-state index contributed by atoms with van der Waals surface area (Å²) in [6, 6.07) is 6.12. The monoisotopic (exact) mass is 461 g/mol. The molecule has 0 N–H and O–H groups in total. The predicted molar refractivity (Wildman–Crippen MR) is 124 cm³/mol. The number of carbonyl (C=O) groups is 1. The summed E-state index contributed by atoms with van der Waals surface area (Å²) in [4.78, 5) is 14.7. The molecule has 168 valence electrons. The highest BCUT2D eigenvalue weighted by Gasteiger charge is 2.31. The molecule has 7 heteroatoms. The van der Waals surface area contributed by atoms with Gasteiger partial charge in [0.25, 0.3) is 0 Å². The van der Waals surface area contributed by atoms with Crippen molar-refractivity contribution in [2.45, 2.75) is 81.3 Å². The van der Waals surface area contributed by atoms with Gasteiger partial charge in [0.05, 0.1) is 27.4 Å². The van der Waals surface area contributed by atoms with E-state index in [9.17, 15) is 10.1 Å². The van der Waals surface area contributed by atoms with Gasteiger partial charge in [-0.15, -0.1) is 0 Å². The zero-order valence-electron chi connectivity index (χ0n) is 18.9. The highest BCUT2D eigenvalue weighted by Crippen LogP contribution is 2.57. The Balaban J connectivity index is 1.74. The Labute approximate surface area is 193 Å². The Bertz CT molecular complexity index is 896. The first kappa shape index (κ1) is 24.0. The van der Waals surface area contributed by atoms with Gasteiger partial charge in [-0.2, -0.15) is 5.26 Å². The molecule has 0 saturated heterocycles. The SMILES string of the molecule is COC(C)(C)CCOC(=O)/C(C#N)=C1\Sc2c(C)ccc(OC3CCC(C)CC3)c2S1. The van der Waals surface area contributed by atoms with Gasteiger partial charge in [-0.05, 0) is 64.0 Å². The van der Waals surface area contributed by atoms with Crippen molar-refractivity contribution in [2.75, 3.05) is 13.7 Å². The van der Waals surface area contributed by atoms with E-state index in [1.807, 2.05) is 32.9 Å². The Hall–Kier alpha value is -1.62. The number of fused-ring (bicyclic) bond motifs is 1. The first-order chi connectivity index (χ1) is 14.7. The van der Waals surface area contributed by atoms with Crippen molar-refractivity contribution < 1.29 is 19.0 Å². The van der Waals surface area contributed by atoms with E-state index in [0.717, 1.165) is 39.9 Å². The van der Waals surface area contributed by atoms with Crippen LogP contribution in [0.4, 0.5) is 0 Å². The molecule has 0 aromatic heterocycles. The van der Waals surface area contributed by atoms with Crippen LogP contribution in [0.3, 0.4) is 0 Å². The summed E-state index contributed by atoms with van der Waals surface area (Å²) < 4.78 is 17.8. The van der Waals surface area contributed by atoms with Crippen molar-refractivity contribution in [1.29, 1.82) is 5.26 Å². The smallest absolute Gasteiger partial charge is 0.350 e. The molecule has 0 radical (unpaired) electrons. The van der Waals surface area contributed by atoms with Gasteiger partial charge in [-0.25, -0.2) is 4.79 Å². The summed E-state index contributed by atoms with van der Waals surface area (Å²) in [5.74, 6) is 1.03. The Morgan fingerprint density at radius 1 is 1.19 bits per heavy atom. The third kappa shape index (κ3) is 6.00. The molecule has 1 saturated carbocycles. The average Bonchev–Trinajstić information content (AvgIpc) is 3.18. The molecule has 1 aliphatic carbocycles. The zero-order valence-corrected chi connectivity index (χ0v) is 20.6. The molecule has 0 unspecified atom stereocenters. The first-order valence-electron chi connectivity index (χ1n) is 10.8. The number of aryl methyl sites for hydroxylation is 1. The molecule has 2 aliphatic rings.